The summed E-state index contributed by atoms with van der Waals surface area (Å²) in [6.45, 7) is 13.3. The van der Waals surface area contributed by atoms with E-state index in [4.69, 9.17) is 0 Å². The normalized spacial score (nSPS) is 11.5. The van der Waals surface area contributed by atoms with E-state index in [9.17, 15) is 0 Å². The van der Waals surface area contributed by atoms with Crippen molar-refractivity contribution in [1.82, 2.24) is 0 Å². The smallest absolute Gasteiger partial charge is 0.0366 e. The molecule has 0 aromatic heterocycles. The van der Waals surface area contributed by atoms with E-state index in [1.807, 2.05) is 0 Å². The van der Waals surface area contributed by atoms with Crippen molar-refractivity contribution < 1.29 is 0 Å². The lowest BCUT2D eigenvalue weighted by Gasteiger charge is -2.23. The molecule has 0 atom stereocenters. The molecule has 1 aromatic rings. The van der Waals surface area contributed by atoms with Crippen molar-refractivity contribution in [3.8, 4) is 0 Å². The highest BCUT2D eigenvalue weighted by atomic mass is 15.1. The Morgan fingerprint density at radius 2 is 1.40 bits per heavy atom. The summed E-state index contributed by atoms with van der Waals surface area (Å²) in [5, 5.41) is 0. The van der Waals surface area contributed by atoms with E-state index in [-0.39, 0.29) is 5.41 Å². The molecule has 0 bridgehead atoms. The molecule has 0 aliphatic carbocycles. The molecule has 0 saturated carbocycles. The van der Waals surface area contributed by atoms with Crippen molar-refractivity contribution in [2.24, 2.45) is 0 Å². The highest BCUT2D eigenvalue weighted by Gasteiger charge is 2.13. The molecule has 1 nitrogen and oxygen atoms in total. The van der Waals surface area contributed by atoms with Gasteiger partial charge in [-0.25, -0.2) is 0 Å². The molecular formula is C14H23N. The number of hydrogen-bond donors (Lipinski definition) is 0. The van der Waals surface area contributed by atoms with E-state index in [1.165, 1.54) is 11.3 Å². The van der Waals surface area contributed by atoms with Crippen LogP contribution >= 0.6 is 0 Å². The standard InChI is InChI=1S/C14H23N/c1-6-15(7-2)13-10-8-12(9-11-13)14(3,4)5/h8-11H,6-7H2,1-5H3. The third-order valence-corrected chi connectivity index (χ3v) is 2.86. The van der Waals surface area contributed by atoms with Gasteiger partial charge >= 0.3 is 0 Å². The summed E-state index contributed by atoms with van der Waals surface area (Å²) in [6.07, 6.45) is 0. The predicted molar refractivity (Wildman–Crippen MR) is 68.7 cm³/mol. The maximum Gasteiger partial charge on any atom is 0.0366 e. The maximum absolute atomic E-state index is 2.37. The van der Waals surface area contributed by atoms with Crippen LogP contribution in [0, 0.1) is 0 Å². The molecule has 0 heterocycles. The number of anilines is 1. The minimum atomic E-state index is 0.252. The van der Waals surface area contributed by atoms with Crippen molar-refractivity contribution in [3.05, 3.63) is 29.8 Å². The molecule has 0 unspecified atom stereocenters. The van der Waals surface area contributed by atoms with Crippen LogP contribution in [-0.4, -0.2) is 13.1 Å². The lowest BCUT2D eigenvalue weighted by molar-refractivity contribution is 0.590. The van der Waals surface area contributed by atoms with Crippen molar-refractivity contribution >= 4 is 5.69 Å². The molecule has 0 saturated heterocycles. The minimum absolute atomic E-state index is 0.252. The predicted octanol–water partition coefficient (Wildman–Crippen LogP) is 3.83. The van der Waals surface area contributed by atoms with Crippen LogP contribution in [0.2, 0.25) is 0 Å². The Kier molecular flexibility index (Phi) is 3.78. The van der Waals surface area contributed by atoms with E-state index in [1.54, 1.807) is 0 Å². The second-order valence-electron chi connectivity index (χ2n) is 4.97. The first kappa shape index (κ1) is 12.1. The Morgan fingerprint density at radius 3 is 1.73 bits per heavy atom. The zero-order chi connectivity index (χ0) is 11.5. The van der Waals surface area contributed by atoms with E-state index in [0.29, 0.717) is 0 Å². The van der Waals surface area contributed by atoms with Gasteiger partial charge in [0.15, 0.2) is 0 Å². The molecule has 0 N–H and O–H groups in total. The molecule has 0 aliphatic rings. The van der Waals surface area contributed by atoms with E-state index in [2.05, 4.69) is 63.8 Å². The third kappa shape index (κ3) is 2.98. The van der Waals surface area contributed by atoms with Crippen LogP contribution in [-0.2, 0) is 5.41 Å². The fraction of sp³-hybridized carbons (Fsp3) is 0.571. The van der Waals surface area contributed by atoms with Crippen LogP contribution in [0.25, 0.3) is 0 Å². The zero-order valence-electron chi connectivity index (χ0n) is 10.7. The van der Waals surface area contributed by atoms with Crippen LogP contribution in [0.5, 0.6) is 0 Å². The molecule has 0 aliphatic heterocycles. The van der Waals surface area contributed by atoms with Crippen LogP contribution in [0.4, 0.5) is 5.69 Å². The first-order valence-corrected chi connectivity index (χ1v) is 5.84. The fourth-order valence-electron chi connectivity index (χ4n) is 1.76. The van der Waals surface area contributed by atoms with Crippen LogP contribution < -0.4 is 4.90 Å². The maximum atomic E-state index is 2.37. The topological polar surface area (TPSA) is 3.24 Å². The van der Waals surface area contributed by atoms with E-state index < -0.39 is 0 Å². The van der Waals surface area contributed by atoms with Gasteiger partial charge in [-0.2, -0.15) is 0 Å². The molecular weight excluding hydrogens is 182 g/mol. The van der Waals surface area contributed by atoms with Gasteiger partial charge in [-0.15, -0.1) is 0 Å². The van der Waals surface area contributed by atoms with Crippen molar-refractivity contribution in [2.45, 2.75) is 40.0 Å². The van der Waals surface area contributed by atoms with Gasteiger partial charge in [-0.3, -0.25) is 0 Å². The monoisotopic (exact) mass is 205 g/mol. The average Bonchev–Trinajstić information content (AvgIpc) is 2.19. The van der Waals surface area contributed by atoms with Gasteiger partial charge < -0.3 is 4.90 Å². The van der Waals surface area contributed by atoms with Gasteiger partial charge in [-0.05, 0) is 37.0 Å². The summed E-state index contributed by atoms with van der Waals surface area (Å²) in [6, 6.07) is 8.95. The Balaban J connectivity index is 2.89. The van der Waals surface area contributed by atoms with Crippen LogP contribution in [0.15, 0.2) is 24.3 Å². The average molecular weight is 205 g/mol. The molecule has 15 heavy (non-hydrogen) atoms. The number of rotatable bonds is 3. The summed E-state index contributed by atoms with van der Waals surface area (Å²) < 4.78 is 0. The highest BCUT2D eigenvalue weighted by Crippen LogP contribution is 2.24. The largest absolute Gasteiger partial charge is 0.372 e. The van der Waals surface area contributed by atoms with Crippen molar-refractivity contribution in [3.63, 3.8) is 0 Å². The molecule has 1 aromatic carbocycles. The number of benzene rings is 1. The molecule has 0 fully saturated rings. The highest BCUT2D eigenvalue weighted by molar-refractivity contribution is 5.48. The van der Waals surface area contributed by atoms with Gasteiger partial charge in [0.1, 0.15) is 0 Å². The van der Waals surface area contributed by atoms with Gasteiger partial charge in [0, 0.05) is 18.8 Å². The van der Waals surface area contributed by atoms with Gasteiger partial charge in [0.2, 0.25) is 0 Å². The summed E-state index contributed by atoms with van der Waals surface area (Å²) in [4.78, 5) is 2.37. The molecule has 1 rings (SSSR count). The Morgan fingerprint density at radius 1 is 0.933 bits per heavy atom. The lowest BCUT2D eigenvalue weighted by Crippen LogP contribution is -2.22. The molecule has 0 radical (unpaired) electrons. The minimum Gasteiger partial charge on any atom is -0.372 e. The number of hydrogen-bond acceptors (Lipinski definition) is 1. The summed E-state index contributed by atoms with van der Waals surface area (Å²) in [5.41, 5.74) is 2.98. The second kappa shape index (κ2) is 4.69. The summed E-state index contributed by atoms with van der Waals surface area (Å²) in [7, 11) is 0. The third-order valence-electron chi connectivity index (χ3n) is 2.86. The van der Waals surface area contributed by atoms with E-state index >= 15 is 0 Å². The van der Waals surface area contributed by atoms with E-state index in [0.717, 1.165) is 13.1 Å². The first-order valence-electron chi connectivity index (χ1n) is 5.84. The van der Waals surface area contributed by atoms with Gasteiger partial charge in [0.25, 0.3) is 0 Å². The molecule has 84 valence electrons. The lowest BCUT2D eigenvalue weighted by atomic mass is 9.87. The Hall–Kier alpha value is -0.980. The van der Waals surface area contributed by atoms with Crippen LogP contribution in [0.1, 0.15) is 40.2 Å². The van der Waals surface area contributed by atoms with Gasteiger partial charge in [-0.1, -0.05) is 32.9 Å². The zero-order valence-corrected chi connectivity index (χ0v) is 10.7. The van der Waals surface area contributed by atoms with Crippen molar-refractivity contribution in [2.75, 3.05) is 18.0 Å². The Labute approximate surface area is 94.1 Å². The SMILES string of the molecule is CCN(CC)c1ccc(C(C)(C)C)cc1. The molecule has 0 spiro atoms. The Bertz CT molecular complexity index is 288. The first-order chi connectivity index (χ1) is 6.99. The fourth-order valence-corrected chi connectivity index (χ4v) is 1.76. The number of nitrogens with zero attached hydrogens (tertiary/aromatic N) is 1. The summed E-state index contributed by atoms with van der Waals surface area (Å²) in [5.74, 6) is 0. The van der Waals surface area contributed by atoms with Crippen LogP contribution in [0.3, 0.4) is 0 Å². The molecule has 1 heteroatoms. The second-order valence-corrected chi connectivity index (χ2v) is 4.97. The summed E-state index contributed by atoms with van der Waals surface area (Å²) >= 11 is 0. The van der Waals surface area contributed by atoms with Gasteiger partial charge in [0.05, 0.1) is 0 Å². The van der Waals surface area contributed by atoms with Crippen molar-refractivity contribution in [1.29, 1.82) is 0 Å². The quantitative estimate of drug-likeness (QED) is 0.725. The molecule has 0 amide bonds.